The topological polar surface area (TPSA) is 43.9 Å². The molecular weight excluding hydrogens is 294 g/mol. The van der Waals surface area contributed by atoms with Gasteiger partial charge in [0, 0.05) is 50.7 Å². The van der Waals surface area contributed by atoms with Crippen LogP contribution in [0.1, 0.15) is 17.7 Å². The first-order valence-electron chi connectivity index (χ1n) is 7.16. The largest absolute Gasteiger partial charge is 0.296 e. The van der Waals surface area contributed by atoms with E-state index in [2.05, 4.69) is 22.4 Å². The summed E-state index contributed by atoms with van der Waals surface area (Å²) in [5.74, 6) is 0. The van der Waals surface area contributed by atoms with Crippen LogP contribution in [-0.2, 0) is 16.8 Å². The molecule has 0 amide bonds. The van der Waals surface area contributed by atoms with Crippen molar-refractivity contribution < 1.29 is 8.42 Å². The van der Waals surface area contributed by atoms with Crippen LogP contribution < -0.4 is 0 Å². The maximum absolute atomic E-state index is 12.4. The second kappa shape index (κ2) is 6.11. The predicted octanol–water partition coefficient (Wildman–Crippen LogP) is 1.21. The Morgan fingerprint density at radius 3 is 2.25 bits per heavy atom. The van der Waals surface area contributed by atoms with Crippen LogP contribution in [0.15, 0.2) is 17.5 Å². The molecule has 0 atom stereocenters. The van der Waals surface area contributed by atoms with E-state index < -0.39 is 10.2 Å². The van der Waals surface area contributed by atoms with E-state index in [1.165, 1.54) is 4.88 Å². The zero-order valence-corrected chi connectivity index (χ0v) is 13.2. The molecule has 0 radical (unpaired) electrons. The van der Waals surface area contributed by atoms with Crippen molar-refractivity contribution in [3.8, 4) is 0 Å². The van der Waals surface area contributed by atoms with E-state index >= 15 is 0 Å². The van der Waals surface area contributed by atoms with Gasteiger partial charge >= 0.3 is 0 Å². The van der Waals surface area contributed by atoms with Crippen molar-refractivity contribution in [2.75, 3.05) is 39.3 Å². The number of nitrogens with zero attached hydrogens (tertiary/aromatic N) is 3. The fraction of sp³-hybridized carbons (Fsp3) is 0.692. The summed E-state index contributed by atoms with van der Waals surface area (Å²) in [6.07, 6.45) is 2.00. The van der Waals surface area contributed by atoms with Gasteiger partial charge in [-0.2, -0.15) is 17.0 Å². The molecule has 0 aliphatic carbocycles. The summed E-state index contributed by atoms with van der Waals surface area (Å²) in [5.41, 5.74) is 0. The van der Waals surface area contributed by atoms with Crippen LogP contribution in [0.3, 0.4) is 0 Å². The maximum Gasteiger partial charge on any atom is 0.282 e. The van der Waals surface area contributed by atoms with E-state index in [1.54, 1.807) is 19.9 Å². The summed E-state index contributed by atoms with van der Waals surface area (Å²) >= 11 is 1.76. The zero-order valence-electron chi connectivity index (χ0n) is 11.6. The Bertz CT molecular complexity index is 516. The average molecular weight is 315 g/mol. The fourth-order valence-corrected chi connectivity index (χ4v) is 5.24. The van der Waals surface area contributed by atoms with Crippen LogP contribution in [0.25, 0.3) is 0 Å². The molecule has 0 spiro atoms. The first-order chi connectivity index (χ1) is 9.66. The van der Waals surface area contributed by atoms with Crippen LogP contribution in [0, 0.1) is 0 Å². The molecule has 0 bridgehead atoms. The summed E-state index contributed by atoms with van der Waals surface area (Å²) in [6.45, 7) is 5.20. The monoisotopic (exact) mass is 315 g/mol. The summed E-state index contributed by atoms with van der Waals surface area (Å²) < 4.78 is 28.2. The van der Waals surface area contributed by atoms with Gasteiger partial charge in [0.2, 0.25) is 0 Å². The molecule has 2 fully saturated rings. The molecular formula is C13H21N3O2S2. The van der Waals surface area contributed by atoms with E-state index in [9.17, 15) is 8.42 Å². The van der Waals surface area contributed by atoms with E-state index in [1.807, 2.05) is 0 Å². The summed E-state index contributed by atoms with van der Waals surface area (Å²) in [7, 11) is -3.20. The Balaban J connectivity index is 1.55. The van der Waals surface area contributed by atoms with Crippen molar-refractivity contribution in [1.29, 1.82) is 0 Å². The molecule has 3 rings (SSSR count). The SMILES string of the molecule is O=S(=O)(N1CCCC1)N1CCN(Cc2cccs2)CC1. The Kier molecular flexibility index (Phi) is 4.42. The lowest BCUT2D eigenvalue weighted by Gasteiger charge is -2.35. The summed E-state index contributed by atoms with van der Waals surface area (Å²) in [6, 6.07) is 4.20. The van der Waals surface area contributed by atoms with Crippen LogP contribution in [0.5, 0.6) is 0 Å². The third-order valence-electron chi connectivity index (χ3n) is 4.01. The Labute approximate surface area is 125 Å². The molecule has 3 heterocycles. The van der Waals surface area contributed by atoms with Crippen molar-refractivity contribution in [1.82, 2.24) is 13.5 Å². The van der Waals surface area contributed by atoms with Crippen LogP contribution >= 0.6 is 11.3 Å². The van der Waals surface area contributed by atoms with Gasteiger partial charge in [-0.3, -0.25) is 4.90 Å². The average Bonchev–Trinajstić information content (AvgIpc) is 3.12. The first kappa shape index (κ1) is 14.5. The fourth-order valence-electron chi connectivity index (χ4n) is 2.82. The van der Waals surface area contributed by atoms with Crippen molar-refractivity contribution in [2.24, 2.45) is 0 Å². The van der Waals surface area contributed by atoms with Gasteiger partial charge in [-0.05, 0) is 24.3 Å². The second-order valence-electron chi connectivity index (χ2n) is 5.37. The Hall–Kier alpha value is -0.470. The van der Waals surface area contributed by atoms with Crippen LogP contribution in [0.4, 0.5) is 0 Å². The van der Waals surface area contributed by atoms with Gasteiger partial charge in [0.05, 0.1) is 0 Å². The number of hydrogen-bond acceptors (Lipinski definition) is 4. The molecule has 112 valence electrons. The lowest BCUT2D eigenvalue weighted by atomic mass is 10.3. The highest BCUT2D eigenvalue weighted by Gasteiger charge is 2.33. The first-order valence-corrected chi connectivity index (χ1v) is 9.44. The lowest BCUT2D eigenvalue weighted by Crippen LogP contribution is -2.52. The molecule has 0 unspecified atom stereocenters. The molecule has 0 saturated carbocycles. The molecule has 0 aromatic carbocycles. The number of piperazine rings is 1. The van der Waals surface area contributed by atoms with Crippen molar-refractivity contribution >= 4 is 21.5 Å². The van der Waals surface area contributed by atoms with E-state index in [0.717, 1.165) is 32.5 Å². The highest BCUT2D eigenvalue weighted by atomic mass is 32.2. The smallest absolute Gasteiger partial charge is 0.282 e. The molecule has 5 nitrogen and oxygen atoms in total. The molecule has 1 aromatic rings. The number of thiophene rings is 1. The molecule has 2 aliphatic rings. The molecule has 0 N–H and O–H groups in total. The predicted molar refractivity (Wildman–Crippen MR) is 80.9 cm³/mol. The van der Waals surface area contributed by atoms with Gasteiger partial charge in [-0.25, -0.2) is 0 Å². The minimum atomic E-state index is -3.20. The number of hydrogen-bond donors (Lipinski definition) is 0. The van der Waals surface area contributed by atoms with E-state index in [-0.39, 0.29) is 0 Å². The van der Waals surface area contributed by atoms with Gasteiger partial charge < -0.3 is 0 Å². The van der Waals surface area contributed by atoms with Crippen molar-refractivity contribution in [3.05, 3.63) is 22.4 Å². The highest BCUT2D eigenvalue weighted by Crippen LogP contribution is 2.19. The van der Waals surface area contributed by atoms with Gasteiger partial charge in [0.15, 0.2) is 0 Å². The quantitative estimate of drug-likeness (QED) is 0.839. The third-order valence-corrected chi connectivity index (χ3v) is 6.91. The Morgan fingerprint density at radius 2 is 1.65 bits per heavy atom. The third kappa shape index (κ3) is 3.07. The molecule has 20 heavy (non-hydrogen) atoms. The van der Waals surface area contributed by atoms with Gasteiger partial charge in [-0.15, -0.1) is 11.3 Å². The van der Waals surface area contributed by atoms with E-state index in [0.29, 0.717) is 26.2 Å². The van der Waals surface area contributed by atoms with Crippen molar-refractivity contribution in [2.45, 2.75) is 19.4 Å². The standard InChI is InChI=1S/C13H21N3O2S2/c17-20(18,15-5-1-2-6-15)16-9-7-14(8-10-16)12-13-4-3-11-19-13/h3-4,11H,1-2,5-10,12H2. The summed E-state index contributed by atoms with van der Waals surface area (Å²) in [5, 5.41) is 2.09. The highest BCUT2D eigenvalue weighted by molar-refractivity contribution is 7.86. The van der Waals surface area contributed by atoms with Gasteiger partial charge in [-0.1, -0.05) is 6.07 Å². The minimum Gasteiger partial charge on any atom is -0.296 e. The second-order valence-corrected chi connectivity index (χ2v) is 8.33. The Morgan fingerprint density at radius 1 is 1.00 bits per heavy atom. The van der Waals surface area contributed by atoms with Crippen LogP contribution in [0.2, 0.25) is 0 Å². The minimum absolute atomic E-state index is 0.615. The molecule has 2 aliphatic heterocycles. The van der Waals surface area contributed by atoms with Crippen LogP contribution in [-0.4, -0.2) is 61.2 Å². The number of rotatable bonds is 4. The lowest BCUT2D eigenvalue weighted by molar-refractivity contribution is 0.177. The summed E-state index contributed by atoms with van der Waals surface area (Å²) in [4.78, 5) is 3.68. The van der Waals surface area contributed by atoms with Gasteiger partial charge in [0.25, 0.3) is 10.2 Å². The molecule has 2 saturated heterocycles. The van der Waals surface area contributed by atoms with Gasteiger partial charge in [0.1, 0.15) is 0 Å². The van der Waals surface area contributed by atoms with E-state index in [4.69, 9.17) is 0 Å². The zero-order chi connectivity index (χ0) is 14.0. The molecule has 7 heteroatoms. The molecule has 1 aromatic heterocycles. The normalized spacial score (nSPS) is 23.4. The van der Waals surface area contributed by atoms with Crippen molar-refractivity contribution in [3.63, 3.8) is 0 Å². The maximum atomic E-state index is 12.4.